The van der Waals surface area contributed by atoms with Crippen LogP contribution < -0.4 is 0 Å². The number of esters is 1. The van der Waals surface area contributed by atoms with Crippen LogP contribution in [0.1, 0.15) is 116 Å². The highest BCUT2D eigenvalue weighted by atomic mass is 16.5. The maximum Gasteiger partial charge on any atom is 0.306 e. The number of rotatable bonds is 19. The fourth-order valence-electron chi connectivity index (χ4n) is 3.76. The standard InChI is InChI=1S/C24H46O4/c1-2-3-4-5-6-7-8-9-10-14-19-26-21-22-27-20-15-18-24(25)28-23-16-12-11-13-17-23/h23H,2-22H2,1H3. The molecule has 0 aromatic rings. The number of hydrogen-bond acceptors (Lipinski definition) is 4. The Balaban J connectivity index is 1.71. The van der Waals surface area contributed by atoms with Crippen molar-refractivity contribution in [1.29, 1.82) is 0 Å². The third-order valence-corrected chi connectivity index (χ3v) is 5.53. The van der Waals surface area contributed by atoms with Gasteiger partial charge in [0.05, 0.1) is 13.2 Å². The van der Waals surface area contributed by atoms with E-state index in [1.54, 1.807) is 0 Å². The van der Waals surface area contributed by atoms with Gasteiger partial charge >= 0.3 is 5.97 Å². The van der Waals surface area contributed by atoms with Gasteiger partial charge in [0.1, 0.15) is 6.10 Å². The van der Waals surface area contributed by atoms with Gasteiger partial charge in [0.25, 0.3) is 0 Å². The van der Waals surface area contributed by atoms with Crippen molar-refractivity contribution >= 4 is 5.97 Å². The first-order valence-electron chi connectivity index (χ1n) is 12.2. The summed E-state index contributed by atoms with van der Waals surface area (Å²) < 4.78 is 16.7. The second-order valence-electron chi connectivity index (χ2n) is 8.26. The molecule has 1 aliphatic rings. The van der Waals surface area contributed by atoms with Gasteiger partial charge in [-0.2, -0.15) is 0 Å². The Hall–Kier alpha value is -0.610. The monoisotopic (exact) mass is 398 g/mol. The molecule has 0 saturated heterocycles. The average Bonchev–Trinajstić information content (AvgIpc) is 2.71. The molecule has 0 bridgehead atoms. The highest BCUT2D eigenvalue weighted by molar-refractivity contribution is 5.69. The van der Waals surface area contributed by atoms with Crippen molar-refractivity contribution in [1.82, 2.24) is 0 Å². The van der Waals surface area contributed by atoms with E-state index in [9.17, 15) is 4.79 Å². The minimum Gasteiger partial charge on any atom is -0.462 e. The molecule has 1 saturated carbocycles. The van der Waals surface area contributed by atoms with E-state index in [-0.39, 0.29) is 12.1 Å². The molecule has 0 aromatic heterocycles. The normalized spacial score (nSPS) is 15.0. The van der Waals surface area contributed by atoms with Crippen LogP contribution >= 0.6 is 0 Å². The predicted octanol–water partition coefficient (Wildman–Crippen LogP) is 6.60. The second kappa shape index (κ2) is 19.7. The zero-order valence-corrected chi connectivity index (χ0v) is 18.6. The summed E-state index contributed by atoms with van der Waals surface area (Å²) in [4.78, 5) is 11.8. The van der Waals surface area contributed by atoms with Gasteiger partial charge in [0.2, 0.25) is 0 Å². The lowest BCUT2D eigenvalue weighted by Gasteiger charge is -2.21. The Labute approximate surface area is 174 Å². The predicted molar refractivity (Wildman–Crippen MR) is 116 cm³/mol. The zero-order valence-electron chi connectivity index (χ0n) is 18.6. The molecule has 1 fully saturated rings. The number of hydrogen-bond donors (Lipinski definition) is 0. The van der Waals surface area contributed by atoms with Crippen LogP contribution in [0.5, 0.6) is 0 Å². The van der Waals surface area contributed by atoms with Crippen LogP contribution in [0.25, 0.3) is 0 Å². The summed E-state index contributed by atoms with van der Waals surface area (Å²) in [5.41, 5.74) is 0. The van der Waals surface area contributed by atoms with Gasteiger partial charge < -0.3 is 14.2 Å². The molecule has 1 aliphatic carbocycles. The molecule has 166 valence electrons. The lowest BCUT2D eigenvalue weighted by atomic mass is 9.98. The molecular formula is C24H46O4. The first-order valence-corrected chi connectivity index (χ1v) is 12.2. The van der Waals surface area contributed by atoms with Gasteiger partial charge in [-0.3, -0.25) is 4.79 Å². The maximum atomic E-state index is 11.8. The van der Waals surface area contributed by atoms with Crippen molar-refractivity contribution in [3.05, 3.63) is 0 Å². The lowest BCUT2D eigenvalue weighted by Crippen LogP contribution is -2.21. The molecule has 4 heteroatoms. The summed E-state index contributed by atoms with van der Waals surface area (Å²) in [5.74, 6) is -0.0623. The molecule has 0 aliphatic heterocycles. The molecule has 0 amide bonds. The molecule has 0 radical (unpaired) electrons. The minimum atomic E-state index is -0.0623. The number of ether oxygens (including phenoxy) is 3. The van der Waals surface area contributed by atoms with E-state index in [4.69, 9.17) is 14.2 Å². The van der Waals surface area contributed by atoms with Gasteiger partial charge in [0, 0.05) is 19.6 Å². The summed E-state index contributed by atoms with van der Waals surface area (Å²) in [5, 5.41) is 0. The van der Waals surface area contributed by atoms with Gasteiger partial charge in [-0.1, -0.05) is 71.1 Å². The summed E-state index contributed by atoms with van der Waals surface area (Å²) in [6.45, 7) is 5.00. The SMILES string of the molecule is CCCCCCCCCCCCOCCOCCCC(=O)OC1CCCCC1. The van der Waals surface area contributed by atoms with Gasteiger partial charge in [0.15, 0.2) is 0 Å². The molecule has 1 rings (SSSR count). The highest BCUT2D eigenvalue weighted by Crippen LogP contribution is 2.20. The van der Waals surface area contributed by atoms with E-state index in [0.29, 0.717) is 26.2 Å². The topological polar surface area (TPSA) is 44.8 Å². The van der Waals surface area contributed by atoms with E-state index in [2.05, 4.69) is 6.92 Å². The van der Waals surface area contributed by atoms with Crippen LogP contribution in [-0.2, 0) is 19.0 Å². The Morgan fingerprint density at radius 2 is 1.21 bits per heavy atom. The summed E-state index contributed by atoms with van der Waals surface area (Å²) in [6.07, 6.45) is 20.6. The lowest BCUT2D eigenvalue weighted by molar-refractivity contribution is -0.150. The molecular weight excluding hydrogens is 352 g/mol. The third-order valence-electron chi connectivity index (χ3n) is 5.53. The number of unbranched alkanes of at least 4 members (excludes halogenated alkanes) is 9. The van der Waals surface area contributed by atoms with E-state index in [1.807, 2.05) is 0 Å². The zero-order chi connectivity index (χ0) is 20.1. The van der Waals surface area contributed by atoms with Crippen LogP contribution in [-0.4, -0.2) is 38.5 Å². The fourth-order valence-corrected chi connectivity index (χ4v) is 3.76. The molecule has 0 atom stereocenters. The van der Waals surface area contributed by atoms with Crippen molar-refractivity contribution in [3.8, 4) is 0 Å². The van der Waals surface area contributed by atoms with Crippen molar-refractivity contribution < 1.29 is 19.0 Å². The van der Waals surface area contributed by atoms with Crippen molar-refractivity contribution in [3.63, 3.8) is 0 Å². The number of carbonyl (C=O) groups excluding carboxylic acids is 1. The van der Waals surface area contributed by atoms with E-state index < -0.39 is 0 Å². The summed E-state index contributed by atoms with van der Waals surface area (Å²) in [7, 11) is 0. The summed E-state index contributed by atoms with van der Waals surface area (Å²) >= 11 is 0. The van der Waals surface area contributed by atoms with Crippen molar-refractivity contribution in [2.45, 2.75) is 122 Å². The molecule has 0 aromatic carbocycles. The van der Waals surface area contributed by atoms with Crippen LogP contribution in [0.15, 0.2) is 0 Å². The van der Waals surface area contributed by atoms with Gasteiger partial charge in [-0.25, -0.2) is 0 Å². The Morgan fingerprint density at radius 1 is 0.679 bits per heavy atom. The molecule has 28 heavy (non-hydrogen) atoms. The van der Waals surface area contributed by atoms with E-state index in [1.165, 1.54) is 77.0 Å². The quantitative estimate of drug-likeness (QED) is 0.182. The average molecular weight is 399 g/mol. The Morgan fingerprint density at radius 3 is 1.82 bits per heavy atom. The van der Waals surface area contributed by atoms with Crippen LogP contribution in [0.3, 0.4) is 0 Å². The van der Waals surface area contributed by atoms with Gasteiger partial charge in [-0.05, 0) is 38.5 Å². The first kappa shape index (κ1) is 25.4. The third kappa shape index (κ3) is 16.4. The van der Waals surface area contributed by atoms with Gasteiger partial charge in [-0.15, -0.1) is 0 Å². The highest BCUT2D eigenvalue weighted by Gasteiger charge is 2.17. The molecule has 0 heterocycles. The molecule has 0 N–H and O–H groups in total. The maximum absolute atomic E-state index is 11.8. The van der Waals surface area contributed by atoms with E-state index in [0.717, 1.165) is 32.3 Å². The summed E-state index contributed by atoms with van der Waals surface area (Å²) in [6, 6.07) is 0. The smallest absolute Gasteiger partial charge is 0.306 e. The Bertz CT molecular complexity index is 339. The fraction of sp³-hybridized carbons (Fsp3) is 0.958. The first-order chi connectivity index (χ1) is 13.8. The molecule has 4 nitrogen and oxygen atoms in total. The van der Waals surface area contributed by atoms with Crippen LogP contribution in [0.4, 0.5) is 0 Å². The van der Waals surface area contributed by atoms with Crippen molar-refractivity contribution in [2.24, 2.45) is 0 Å². The molecule has 0 unspecified atom stereocenters. The minimum absolute atomic E-state index is 0.0623. The Kier molecular flexibility index (Phi) is 17.9. The number of carbonyl (C=O) groups is 1. The van der Waals surface area contributed by atoms with E-state index >= 15 is 0 Å². The molecule has 0 spiro atoms. The van der Waals surface area contributed by atoms with Crippen molar-refractivity contribution in [2.75, 3.05) is 26.4 Å². The largest absolute Gasteiger partial charge is 0.462 e. The van der Waals surface area contributed by atoms with Crippen LogP contribution in [0, 0.1) is 0 Å². The van der Waals surface area contributed by atoms with Crippen LogP contribution in [0.2, 0.25) is 0 Å². The second-order valence-corrected chi connectivity index (χ2v) is 8.26.